The minimum atomic E-state index is -0.332. The van der Waals surface area contributed by atoms with Gasteiger partial charge in [0, 0.05) is 27.6 Å². The van der Waals surface area contributed by atoms with Crippen LogP contribution in [0.5, 0.6) is 5.88 Å². The first-order valence-corrected chi connectivity index (χ1v) is 10.8. The van der Waals surface area contributed by atoms with Crippen molar-refractivity contribution in [2.75, 3.05) is 0 Å². The van der Waals surface area contributed by atoms with Crippen molar-refractivity contribution in [2.24, 2.45) is 5.16 Å². The summed E-state index contributed by atoms with van der Waals surface area (Å²) in [6.45, 7) is 0. The predicted molar refractivity (Wildman–Crippen MR) is 120 cm³/mol. The average molecular weight is 439 g/mol. The highest BCUT2D eigenvalue weighted by atomic mass is 35.5. The van der Waals surface area contributed by atoms with Crippen molar-refractivity contribution < 1.29 is 9.94 Å². The van der Waals surface area contributed by atoms with Gasteiger partial charge >= 0.3 is 0 Å². The Labute approximate surface area is 185 Å². The molecule has 152 valence electrons. The van der Waals surface area contributed by atoms with Gasteiger partial charge in [0.15, 0.2) is 0 Å². The van der Waals surface area contributed by atoms with Crippen LogP contribution in [-0.2, 0) is 0 Å². The van der Waals surface area contributed by atoms with Crippen molar-refractivity contribution in [1.82, 2.24) is 4.98 Å². The number of fused-ring (bicyclic) bond motifs is 1. The number of ether oxygens (including phenoxy) is 1. The first-order chi connectivity index (χ1) is 14.6. The maximum Gasteiger partial charge on any atom is 0.223 e. The van der Waals surface area contributed by atoms with Gasteiger partial charge in [-0.05, 0) is 55.5 Å². The van der Waals surface area contributed by atoms with Crippen LogP contribution < -0.4 is 4.74 Å². The lowest BCUT2D eigenvalue weighted by molar-refractivity contribution is 0.0712. The summed E-state index contributed by atoms with van der Waals surface area (Å²) in [5.74, 6) is 0.503. The van der Waals surface area contributed by atoms with E-state index in [0.29, 0.717) is 28.1 Å². The molecule has 1 aromatic heterocycles. The van der Waals surface area contributed by atoms with E-state index in [4.69, 9.17) is 32.9 Å². The van der Waals surface area contributed by atoms with Crippen LogP contribution in [0.15, 0.2) is 59.8 Å². The number of hydrogen-bond donors (Lipinski definition) is 1. The number of pyridine rings is 1. The van der Waals surface area contributed by atoms with E-state index < -0.39 is 0 Å². The molecule has 1 aliphatic heterocycles. The first kappa shape index (κ1) is 19.4. The van der Waals surface area contributed by atoms with Crippen LogP contribution in [0.25, 0.3) is 22.4 Å². The van der Waals surface area contributed by atoms with E-state index in [9.17, 15) is 5.21 Å². The summed E-state index contributed by atoms with van der Waals surface area (Å²) in [4.78, 5) is 4.93. The van der Waals surface area contributed by atoms with E-state index in [1.54, 1.807) is 0 Å². The Bertz CT molecular complexity index is 1140. The summed E-state index contributed by atoms with van der Waals surface area (Å²) < 4.78 is 6.46. The smallest absolute Gasteiger partial charge is 0.223 e. The Morgan fingerprint density at radius 1 is 0.933 bits per heavy atom. The second kappa shape index (κ2) is 7.60. The van der Waals surface area contributed by atoms with E-state index in [0.717, 1.165) is 53.6 Å². The van der Waals surface area contributed by atoms with Crippen molar-refractivity contribution >= 4 is 28.9 Å². The average Bonchev–Trinajstić information content (AvgIpc) is 3.21. The van der Waals surface area contributed by atoms with E-state index in [1.807, 2.05) is 54.6 Å². The van der Waals surface area contributed by atoms with Crippen LogP contribution in [0.3, 0.4) is 0 Å². The quantitative estimate of drug-likeness (QED) is 0.346. The Kier molecular flexibility index (Phi) is 4.92. The van der Waals surface area contributed by atoms with Crippen LogP contribution in [0.4, 0.5) is 0 Å². The number of benzene rings is 2. The van der Waals surface area contributed by atoms with E-state index >= 15 is 0 Å². The molecular weight excluding hydrogens is 419 g/mol. The van der Waals surface area contributed by atoms with Gasteiger partial charge in [-0.2, -0.15) is 0 Å². The zero-order valence-corrected chi connectivity index (χ0v) is 17.7. The fraction of sp³-hybridized carbons (Fsp3) is 0.250. The number of nitrogens with zero attached hydrogens (tertiary/aromatic N) is 2. The fourth-order valence-corrected chi connectivity index (χ4v) is 4.87. The number of hydrogen-bond acceptors (Lipinski definition) is 4. The van der Waals surface area contributed by atoms with Crippen molar-refractivity contribution in [2.45, 2.75) is 37.7 Å². The minimum Gasteiger partial charge on any atom is -0.470 e. The first-order valence-electron chi connectivity index (χ1n) is 10.0. The van der Waals surface area contributed by atoms with Gasteiger partial charge in [0.05, 0.1) is 17.0 Å². The largest absolute Gasteiger partial charge is 0.470 e. The third-order valence-electron chi connectivity index (χ3n) is 6.02. The molecule has 2 aromatic carbocycles. The molecule has 30 heavy (non-hydrogen) atoms. The van der Waals surface area contributed by atoms with Gasteiger partial charge in [-0.1, -0.05) is 58.7 Å². The molecular formula is C24H20Cl2N2O2. The second-order valence-electron chi connectivity index (χ2n) is 7.94. The van der Waals surface area contributed by atoms with Gasteiger partial charge in [-0.25, -0.2) is 4.98 Å². The van der Waals surface area contributed by atoms with Gasteiger partial charge in [0.2, 0.25) is 5.88 Å². The number of halogens is 2. The summed E-state index contributed by atoms with van der Waals surface area (Å²) >= 11 is 12.6. The highest BCUT2D eigenvalue weighted by Gasteiger charge is 2.43. The van der Waals surface area contributed by atoms with E-state index in [1.165, 1.54) is 0 Å². The van der Waals surface area contributed by atoms with Crippen LogP contribution in [0.2, 0.25) is 10.0 Å². The zero-order chi connectivity index (χ0) is 20.7. The topological polar surface area (TPSA) is 54.7 Å². The molecule has 0 amide bonds. The van der Waals surface area contributed by atoms with Crippen LogP contribution >= 0.6 is 23.2 Å². The number of aromatic nitrogens is 1. The summed E-state index contributed by atoms with van der Waals surface area (Å²) in [5.41, 5.74) is 4.38. The lowest BCUT2D eigenvalue weighted by Gasteiger charge is -2.35. The summed E-state index contributed by atoms with van der Waals surface area (Å²) in [7, 11) is 0. The van der Waals surface area contributed by atoms with Crippen LogP contribution in [0.1, 0.15) is 37.7 Å². The fourth-order valence-electron chi connectivity index (χ4n) is 4.52. The second-order valence-corrected chi connectivity index (χ2v) is 8.78. The van der Waals surface area contributed by atoms with Gasteiger partial charge in [-0.3, -0.25) is 0 Å². The molecule has 1 spiro atoms. The van der Waals surface area contributed by atoms with E-state index in [-0.39, 0.29) is 5.60 Å². The lowest BCUT2D eigenvalue weighted by atomic mass is 9.87. The molecule has 1 fully saturated rings. The van der Waals surface area contributed by atoms with Gasteiger partial charge in [-0.15, -0.1) is 0 Å². The Balaban J connectivity index is 1.75. The van der Waals surface area contributed by atoms with Gasteiger partial charge < -0.3 is 9.94 Å². The van der Waals surface area contributed by atoms with E-state index in [2.05, 4.69) is 5.16 Å². The molecule has 0 atom stereocenters. The summed E-state index contributed by atoms with van der Waals surface area (Å²) in [5, 5.41) is 14.7. The highest BCUT2D eigenvalue weighted by molar-refractivity contribution is 6.33. The minimum absolute atomic E-state index is 0.332. The molecule has 2 aliphatic rings. The third-order valence-corrected chi connectivity index (χ3v) is 6.60. The molecule has 1 saturated carbocycles. The number of oxime groups is 1. The third kappa shape index (κ3) is 3.34. The Hall–Kier alpha value is -2.56. The van der Waals surface area contributed by atoms with Gasteiger partial charge in [0.1, 0.15) is 5.60 Å². The Morgan fingerprint density at radius 2 is 1.67 bits per heavy atom. The molecule has 1 N–H and O–H groups in total. The monoisotopic (exact) mass is 438 g/mol. The molecule has 2 heterocycles. The van der Waals surface area contributed by atoms with Crippen molar-refractivity contribution in [1.29, 1.82) is 0 Å². The van der Waals surface area contributed by atoms with Crippen molar-refractivity contribution in [3.8, 4) is 28.3 Å². The standard InChI is InChI=1S/C24H20Cl2N2O2/c25-16-9-7-15(8-10-16)18-13-19-21(28-29)14-24(11-3-4-12-24)30-23(19)27-22(18)17-5-1-2-6-20(17)26/h1-2,5-10,13,29H,3-4,11-12,14H2/b28-21+. The Morgan fingerprint density at radius 3 is 2.37 bits per heavy atom. The molecule has 0 saturated heterocycles. The molecule has 6 heteroatoms. The van der Waals surface area contributed by atoms with Gasteiger partial charge in [0.25, 0.3) is 0 Å². The maximum atomic E-state index is 9.78. The van der Waals surface area contributed by atoms with Crippen molar-refractivity contribution in [3.63, 3.8) is 0 Å². The lowest BCUT2D eigenvalue weighted by Crippen LogP contribution is -2.40. The molecule has 4 nitrogen and oxygen atoms in total. The molecule has 3 aromatic rings. The molecule has 0 unspecified atom stereocenters. The van der Waals surface area contributed by atoms with Crippen LogP contribution in [-0.4, -0.2) is 21.5 Å². The molecule has 0 bridgehead atoms. The van der Waals surface area contributed by atoms with Crippen molar-refractivity contribution in [3.05, 3.63) is 70.2 Å². The molecule has 1 aliphatic carbocycles. The zero-order valence-electron chi connectivity index (χ0n) is 16.2. The van der Waals surface area contributed by atoms with Crippen LogP contribution in [0, 0.1) is 0 Å². The maximum absolute atomic E-state index is 9.78. The highest BCUT2D eigenvalue weighted by Crippen LogP contribution is 2.45. The molecule has 0 radical (unpaired) electrons. The SMILES string of the molecule is O/N=C1\CC2(CCCC2)Oc2nc(-c3ccccc3Cl)c(-c3ccc(Cl)cc3)cc21. The normalized spacial score (nSPS) is 18.4. The summed E-state index contributed by atoms with van der Waals surface area (Å²) in [6, 6.07) is 17.2. The number of rotatable bonds is 2. The molecule has 5 rings (SSSR count). The predicted octanol–water partition coefficient (Wildman–Crippen LogP) is 7.00. The summed E-state index contributed by atoms with van der Waals surface area (Å²) in [6.07, 6.45) is 4.67.